The zero-order valence-electron chi connectivity index (χ0n) is 8.21. The maximum Gasteiger partial charge on any atom is 0.0216 e. The fourth-order valence-electron chi connectivity index (χ4n) is 4.20. The van der Waals surface area contributed by atoms with Crippen molar-refractivity contribution in [2.24, 2.45) is 11.8 Å². The summed E-state index contributed by atoms with van der Waals surface area (Å²) < 4.78 is 0. The number of piperidine rings is 1. The molecule has 3 rings (SSSR count). The standard InChI is InChI=1S/C11H19N/c1-8-6-11(2)9-3-4-10(5-9)12(11)7-8/h8-10H,3-7H2,1-2H3. The van der Waals surface area contributed by atoms with E-state index in [2.05, 4.69) is 18.7 Å². The third-order valence-corrected chi connectivity index (χ3v) is 4.65. The first-order valence-electron chi connectivity index (χ1n) is 5.47. The Kier molecular flexibility index (Phi) is 1.27. The van der Waals surface area contributed by atoms with Gasteiger partial charge in [-0.25, -0.2) is 0 Å². The molecule has 3 fully saturated rings. The average Bonchev–Trinajstić information content (AvgIpc) is 2.57. The molecule has 1 heteroatoms. The Labute approximate surface area is 75.1 Å². The second kappa shape index (κ2) is 2.06. The minimum atomic E-state index is 0.627. The molecule has 12 heavy (non-hydrogen) atoms. The van der Waals surface area contributed by atoms with Crippen LogP contribution in [0.2, 0.25) is 0 Å². The van der Waals surface area contributed by atoms with Gasteiger partial charge in [0.05, 0.1) is 0 Å². The van der Waals surface area contributed by atoms with Crippen molar-refractivity contribution >= 4 is 0 Å². The normalized spacial score (nSPS) is 58.0. The van der Waals surface area contributed by atoms with Gasteiger partial charge < -0.3 is 0 Å². The van der Waals surface area contributed by atoms with Crippen molar-refractivity contribution < 1.29 is 0 Å². The predicted molar refractivity (Wildman–Crippen MR) is 50.0 cm³/mol. The number of nitrogens with zero attached hydrogens (tertiary/aromatic N) is 1. The lowest BCUT2D eigenvalue weighted by Gasteiger charge is -2.38. The van der Waals surface area contributed by atoms with Crippen LogP contribution in [0.25, 0.3) is 0 Å². The van der Waals surface area contributed by atoms with Gasteiger partial charge >= 0.3 is 0 Å². The molecule has 0 aromatic rings. The Morgan fingerprint density at radius 1 is 1.33 bits per heavy atom. The molecule has 2 saturated heterocycles. The topological polar surface area (TPSA) is 3.24 Å². The Balaban J connectivity index is 1.96. The molecule has 0 spiro atoms. The van der Waals surface area contributed by atoms with E-state index < -0.39 is 0 Å². The molecule has 4 unspecified atom stereocenters. The average molecular weight is 165 g/mol. The van der Waals surface area contributed by atoms with Gasteiger partial charge in [-0.05, 0) is 44.4 Å². The fourth-order valence-corrected chi connectivity index (χ4v) is 4.20. The molecule has 0 N–H and O–H groups in total. The third-order valence-electron chi connectivity index (χ3n) is 4.65. The summed E-state index contributed by atoms with van der Waals surface area (Å²) in [6.45, 7) is 6.32. The van der Waals surface area contributed by atoms with Crippen LogP contribution in [0.15, 0.2) is 0 Å². The Bertz CT molecular complexity index is 213. The van der Waals surface area contributed by atoms with Gasteiger partial charge in [0, 0.05) is 18.1 Å². The molecule has 2 bridgehead atoms. The first kappa shape index (κ1) is 7.37. The summed E-state index contributed by atoms with van der Waals surface area (Å²) in [6.07, 6.45) is 5.99. The van der Waals surface area contributed by atoms with Crippen molar-refractivity contribution in [3.8, 4) is 0 Å². The van der Waals surface area contributed by atoms with Crippen LogP contribution < -0.4 is 0 Å². The molecule has 2 aliphatic heterocycles. The SMILES string of the molecule is CC1CN2C3CCC(C3)C2(C)C1. The van der Waals surface area contributed by atoms with Crippen LogP contribution in [0.4, 0.5) is 0 Å². The van der Waals surface area contributed by atoms with Crippen LogP contribution in [0.1, 0.15) is 39.5 Å². The lowest BCUT2D eigenvalue weighted by molar-refractivity contribution is 0.0992. The van der Waals surface area contributed by atoms with Gasteiger partial charge in [0.25, 0.3) is 0 Å². The molecule has 1 nitrogen and oxygen atoms in total. The maximum absolute atomic E-state index is 2.83. The molecule has 0 aromatic carbocycles. The van der Waals surface area contributed by atoms with Gasteiger partial charge in [0.1, 0.15) is 0 Å². The van der Waals surface area contributed by atoms with Crippen molar-refractivity contribution in [2.45, 2.75) is 51.1 Å². The Morgan fingerprint density at radius 2 is 2.17 bits per heavy atom. The monoisotopic (exact) mass is 165 g/mol. The highest BCUT2D eigenvalue weighted by Crippen LogP contribution is 2.54. The third kappa shape index (κ3) is 0.693. The summed E-state index contributed by atoms with van der Waals surface area (Å²) in [4.78, 5) is 2.83. The summed E-state index contributed by atoms with van der Waals surface area (Å²) in [7, 11) is 0. The van der Waals surface area contributed by atoms with Crippen molar-refractivity contribution in [1.29, 1.82) is 0 Å². The van der Waals surface area contributed by atoms with Crippen LogP contribution in [-0.2, 0) is 0 Å². The molecule has 68 valence electrons. The molecule has 0 radical (unpaired) electrons. The van der Waals surface area contributed by atoms with Crippen LogP contribution in [0.5, 0.6) is 0 Å². The molecule has 2 heterocycles. The second-order valence-corrected chi connectivity index (χ2v) is 5.48. The van der Waals surface area contributed by atoms with E-state index in [1.54, 1.807) is 0 Å². The van der Waals surface area contributed by atoms with Gasteiger partial charge in [-0.1, -0.05) is 6.92 Å². The summed E-state index contributed by atoms with van der Waals surface area (Å²) in [6, 6.07) is 0.977. The number of hydrogen-bond donors (Lipinski definition) is 0. The highest BCUT2D eigenvalue weighted by Gasteiger charge is 2.56. The van der Waals surface area contributed by atoms with E-state index in [0.717, 1.165) is 17.9 Å². The van der Waals surface area contributed by atoms with Crippen molar-refractivity contribution in [3.63, 3.8) is 0 Å². The van der Waals surface area contributed by atoms with Crippen LogP contribution in [0, 0.1) is 11.8 Å². The van der Waals surface area contributed by atoms with Gasteiger partial charge in [-0.2, -0.15) is 0 Å². The molecular formula is C11H19N. The van der Waals surface area contributed by atoms with Crippen molar-refractivity contribution in [1.82, 2.24) is 4.90 Å². The maximum atomic E-state index is 2.83. The van der Waals surface area contributed by atoms with Crippen molar-refractivity contribution in [2.75, 3.05) is 6.54 Å². The fraction of sp³-hybridized carbons (Fsp3) is 1.00. The van der Waals surface area contributed by atoms with E-state index in [1.165, 1.54) is 32.2 Å². The van der Waals surface area contributed by atoms with E-state index in [9.17, 15) is 0 Å². The quantitative estimate of drug-likeness (QED) is 0.532. The predicted octanol–water partition coefficient (Wildman–Crippen LogP) is 2.27. The van der Waals surface area contributed by atoms with Crippen LogP contribution in [0.3, 0.4) is 0 Å². The largest absolute Gasteiger partial charge is 0.294 e. The molecule has 0 amide bonds. The highest BCUT2D eigenvalue weighted by atomic mass is 15.3. The van der Waals surface area contributed by atoms with E-state index in [0.29, 0.717) is 5.54 Å². The first-order chi connectivity index (χ1) is 5.70. The van der Waals surface area contributed by atoms with E-state index in [-0.39, 0.29) is 0 Å². The summed E-state index contributed by atoms with van der Waals surface area (Å²) in [5, 5.41) is 0. The minimum Gasteiger partial charge on any atom is -0.294 e. The first-order valence-corrected chi connectivity index (χ1v) is 5.47. The second-order valence-electron chi connectivity index (χ2n) is 5.48. The van der Waals surface area contributed by atoms with Gasteiger partial charge in [0.2, 0.25) is 0 Å². The Hall–Kier alpha value is -0.0400. The number of hydrogen-bond acceptors (Lipinski definition) is 1. The lowest BCUT2D eigenvalue weighted by atomic mass is 9.82. The summed E-state index contributed by atoms with van der Waals surface area (Å²) in [5.41, 5.74) is 0.627. The molecular weight excluding hydrogens is 146 g/mol. The van der Waals surface area contributed by atoms with Gasteiger partial charge in [0.15, 0.2) is 0 Å². The van der Waals surface area contributed by atoms with Crippen LogP contribution in [-0.4, -0.2) is 23.0 Å². The zero-order valence-corrected chi connectivity index (χ0v) is 8.21. The molecule has 4 atom stereocenters. The lowest BCUT2D eigenvalue weighted by Crippen LogP contribution is -2.45. The van der Waals surface area contributed by atoms with Crippen molar-refractivity contribution in [3.05, 3.63) is 0 Å². The van der Waals surface area contributed by atoms with E-state index in [1.807, 2.05) is 0 Å². The Morgan fingerprint density at radius 3 is 2.92 bits per heavy atom. The van der Waals surface area contributed by atoms with Gasteiger partial charge in [-0.15, -0.1) is 0 Å². The van der Waals surface area contributed by atoms with Gasteiger partial charge in [-0.3, -0.25) is 4.90 Å². The van der Waals surface area contributed by atoms with Crippen LogP contribution >= 0.6 is 0 Å². The minimum absolute atomic E-state index is 0.627. The molecule has 1 aliphatic carbocycles. The van der Waals surface area contributed by atoms with E-state index in [4.69, 9.17) is 0 Å². The highest BCUT2D eigenvalue weighted by molar-refractivity contribution is 5.11. The molecule has 1 saturated carbocycles. The zero-order chi connectivity index (χ0) is 8.34. The summed E-state index contributed by atoms with van der Waals surface area (Å²) >= 11 is 0. The van der Waals surface area contributed by atoms with E-state index >= 15 is 0 Å². The summed E-state index contributed by atoms with van der Waals surface area (Å²) in [5.74, 6) is 2.01. The number of fused-ring (bicyclic) bond motifs is 5. The molecule has 0 aromatic heterocycles. The smallest absolute Gasteiger partial charge is 0.0216 e. The molecule has 3 aliphatic rings. The number of rotatable bonds is 0.